The van der Waals surface area contributed by atoms with Crippen LogP contribution in [0.25, 0.3) is 33.6 Å². The molecule has 2 aliphatic rings. The number of hydrogen-bond donors (Lipinski definition) is 6. The Labute approximate surface area is 343 Å². The number of carbonyl (C=O) groups excluding carboxylic acids is 3. The van der Waals surface area contributed by atoms with E-state index in [9.17, 15) is 14.4 Å². The van der Waals surface area contributed by atoms with Gasteiger partial charge in [-0.15, -0.1) is 5.10 Å². The highest BCUT2D eigenvalue weighted by Crippen LogP contribution is 2.34. The Bertz CT molecular complexity index is 2180. The summed E-state index contributed by atoms with van der Waals surface area (Å²) in [6.07, 6.45) is 8.25. The molecule has 3 amide bonds. The number of amides is 3. The fourth-order valence-corrected chi connectivity index (χ4v) is 7.65. The van der Waals surface area contributed by atoms with Crippen molar-refractivity contribution >= 4 is 29.8 Å². The molecule has 4 atom stereocenters. The number of ether oxygens (including phenoxy) is 2. The number of nitrogens with zero attached hydrogens (tertiary/aromatic N) is 6. The van der Waals surface area contributed by atoms with Gasteiger partial charge in [-0.25, -0.2) is 19.4 Å². The first kappa shape index (κ1) is 40.9. The Balaban J connectivity index is 0.996. The molecular weight excluding hydrogens is 753 g/mol. The number of methoxy groups -OCH3 is 1. The van der Waals surface area contributed by atoms with Crippen LogP contribution in [-0.4, -0.2) is 96.5 Å². The zero-order valence-electron chi connectivity index (χ0n) is 34.0. The van der Waals surface area contributed by atoms with Crippen LogP contribution in [0.15, 0.2) is 60.9 Å². The standard InChI is InChI=1S/C42H54N12O5/c1-25(2)35(50-41-51-40(43)53(3)52-41)39(56)54-20-8-10-34(54)37-45-24-33(47-37)29-17-13-27(14-18-29)26-11-15-28(16-12-26)32-23-44-36(46-32)30-19-22-59-21-7-5-6-9-31(38(55)48-30)49-42(57)58-4/h11-18,23-25,30-31,34-35H,5-10,19-22H2,1-4H3,(H,44,46)(H,45,47)(H,48,55)(H,49,57)(H3,43,50,51,52)/t30-,31-,34-,35-/m0/s1. The first-order valence-corrected chi connectivity index (χ1v) is 20.3. The number of alkyl carbamates (subject to hydrolysis) is 1. The summed E-state index contributed by atoms with van der Waals surface area (Å²) < 4.78 is 12.1. The van der Waals surface area contributed by atoms with E-state index < -0.39 is 24.2 Å². The van der Waals surface area contributed by atoms with Crippen molar-refractivity contribution in [3.05, 3.63) is 72.6 Å². The number of anilines is 2. The molecule has 2 aliphatic heterocycles. The summed E-state index contributed by atoms with van der Waals surface area (Å²) in [6, 6.07) is 14.7. The number of nitrogens with one attached hydrogen (secondary N) is 5. The number of nitrogens with two attached hydrogens (primary N) is 1. The molecule has 0 spiro atoms. The monoisotopic (exact) mass is 806 g/mol. The summed E-state index contributed by atoms with van der Waals surface area (Å²) in [7, 11) is 3.00. The van der Waals surface area contributed by atoms with Gasteiger partial charge in [-0.1, -0.05) is 75.2 Å². The fourth-order valence-electron chi connectivity index (χ4n) is 7.65. The molecular formula is C42H54N12O5. The normalized spacial score (nSPS) is 19.7. The molecule has 2 saturated heterocycles. The minimum Gasteiger partial charge on any atom is -0.453 e. The molecule has 5 heterocycles. The van der Waals surface area contributed by atoms with Crippen molar-refractivity contribution in [3.63, 3.8) is 0 Å². The third-order valence-electron chi connectivity index (χ3n) is 11.1. The van der Waals surface area contributed by atoms with Gasteiger partial charge in [0.1, 0.15) is 23.7 Å². The number of carbonyl (C=O) groups is 3. The lowest BCUT2D eigenvalue weighted by atomic mass is 10.0. The molecule has 17 heteroatoms. The Kier molecular flexibility index (Phi) is 12.9. The predicted octanol–water partition coefficient (Wildman–Crippen LogP) is 5.51. The largest absolute Gasteiger partial charge is 0.453 e. The van der Waals surface area contributed by atoms with Gasteiger partial charge < -0.3 is 46.0 Å². The number of aromatic nitrogens is 7. The number of benzene rings is 2. The van der Waals surface area contributed by atoms with Crippen molar-refractivity contribution in [3.8, 4) is 33.6 Å². The van der Waals surface area contributed by atoms with Gasteiger partial charge in [0.25, 0.3) is 0 Å². The van der Waals surface area contributed by atoms with E-state index in [4.69, 9.17) is 20.2 Å². The molecule has 0 aliphatic carbocycles. The lowest BCUT2D eigenvalue weighted by Crippen LogP contribution is -2.48. The summed E-state index contributed by atoms with van der Waals surface area (Å²) in [5, 5.41) is 13.2. The molecule has 59 heavy (non-hydrogen) atoms. The molecule has 17 nitrogen and oxygen atoms in total. The molecule has 7 rings (SSSR count). The van der Waals surface area contributed by atoms with E-state index in [0.29, 0.717) is 44.4 Å². The number of hydrogen-bond acceptors (Lipinski definition) is 11. The average Bonchev–Trinajstić information content (AvgIpc) is 4.07. The molecule has 0 bridgehead atoms. The summed E-state index contributed by atoms with van der Waals surface area (Å²) in [4.78, 5) is 61.6. The third kappa shape index (κ3) is 9.74. The van der Waals surface area contributed by atoms with Crippen molar-refractivity contribution in [2.45, 2.75) is 83.0 Å². The maximum absolute atomic E-state index is 13.9. The van der Waals surface area contributed by atoms with E-state index in [1.54, 1.807) is 13.2 Å². The molecule has 7 N–H and O–H groups in total. The van der Waals surface area contributed by atoms with Crippen molar-refractivity contribution in [2.24, 2.45) is 13.0 Å². The van der Waals surface area contributed by atoms with Crippen molar-refractivity contribution in [2.75, 3.05) is 37.9 Å². The van der Waals surface area contributed by atoms with Gasteiger partial charge >= 0.3 is 6.09 Å². The van der Waals surface area contributed by atoms with Crippen molar-refractivity contribution < 1.29 is 23.9 Å². The molecule has 0 unspecified atom stereocenters. The summed E-state index contributed by atoms with van der Waals surface area (Å²) in [5.74, 6) is 1.67. The van der Waals surface area contributed by atoms with Gasteiger partial charge in [0.2, 0.25) is 23.7 Å². The van der Waals surface area contributed by atoms with E-state index in [0.717, 1.165) is 71.6 Å². The molecule has 2 aromatic carbocycles. The quantitative estimate of drug-likeness (QED) is 0.103. The number of likely N-dealkylation sites (tertiary alicyclic amines) is 1. The molecule has 2 fully saturated rings. The van der Waals surface area contributed by atoms with E-state index in [1.165, 1.54) is 11.8 Å². The second kappa shape index (κ2) is 18.6. The van der Waals surface area contributed by atoms with Crippen molar-refractivity contribution in [1.82, 2.24) is 50.2 Å². The highest BCUT2D eigenvalue weighted by atomic mass is 16.5. The smallest absolute Gasteiger partial charge is 0.407 e. The van der Waals surface area contributed by atoms with Gasteiger partial charge in [0, 0.05) is 26.8 Å². The van der Waals surface area contributed by atoms with Gasteiger partial charge in [0.05, 0.1) is 43.0 Å². The van der Waals surface area contributed by atoms with E-state index in [-0.39, 0.29) is 29.7 Å². The second-order valence-corrected chi connectivity index (χ2v) is 15.5. The van der Waals surface area contributed by atoms with E-state index in [2.05, 4.69) is 77.4 Å². The molecule has 0 saturated carbocycles. The highest BCUT2D eigenvalue weighted by molar-refractivity contribution is 5.86. The molecule has 0 radical (unpaired) electrons. The van der Waals surface area contributed by atoms with Crippen LogP contribution < -0.4 is 21.7 Å². The number of rotatable bonds is 10. The van der Waals surface area contributed by atoms with Crippen LogP contribution in [0.2, 0.25) is 0 Å². The van der Waals surface area contributed by atoms with E-state index in [1.807, 2.05) is 37.1 Å². The SMILES string of the molecule is COC(=O)N[C@H]1CCCCCOCC[C@@H](c2ncc(-c3ccc(-c4ccc(-c5cnc([C@@H]6CCCN6C(=O)[C@@H](Nc6nc(N)n(C)n6)C(C)C)[nH]5)cc4)cc3)[nH]2)NC1=O. The van der Waals surface area contributed by atoms with Crippen molar-refractivity contribution in [1.29, 1.82) is 0 Å². The average molecular weight is 807 g/mol. The Hall–Kier alpha value is -6.23. The minimum atomic E-state index is -0.706. The first-order chi connectivity index (χ1) is 28.6. The maximum atomic E-state index is 13.9. The number of imidazole rings is 2. The molecule has 312 valence electrons. The minimum absolute atomic E-state index is 0.00553. The first-order valence-electron chi connectivity index (χ1n) is 20.3. The lowest BCUT2D eigenvalue weighted by molar-refractivity contribution is -0.134. The summed E-state index contributed by atoms with van der Waals surface area (Å²) in [6.45, 7) is 5.74. The van der Waals surface area contributed by atoms with E-state index >= 15 is 0 Å². The van der Waals surface area contributed by atoms with Crippen LogP contribution in [0, 0.1) is 5.92 Å². The molecule has 3 aromatic heterocycles. The summed E-state index contributed by atoms with van der Waals surface area (Å²) >= 11 is 0. The van der Waals surface area contributed by atoms with Gasteiger partial charge in [-0.2, -0.15) is 4.98 Å². The zero-order chi connectivity index (χ0) is 41.5. The second-order valence-electron chi connectivity index (χ2n) is 15.5. The van der Waals surface area contributed by atoms with Crippen LogP contribution in [0.1, 0.15) is 82.5 Å². The number of H-pyrrole nitrogens is 2. The van der Waals surface area contributed by atoms with Crippen LogP contribution in [0.4, 0.5) is 16.7 Å². The lowest BCUT2D eigenvalue weighted by Gasteiger charge is -2.30. The van der Waals surface area contributed by atoms with Crippen LogP contribution in [-0.2, 0) is 26.1 Å². The van der Waals surface area contributed by atoms with Crippen LogP contribution in [0.5, 0.6) is 0 Å². The third-order valence-corrected chi connectivity index (χ3v) is 11.1. The zero-order valence-corrected chi connectivity index (χ0v) is 34.0. The fraction of sp³-hybridized carbons (Fsp3) is 0.452. The predicted molar refractivity (Wildman–Crippen MR) is 223 cm³/mol. The Morgan fingerprint density at radius 2 is 1.51 bits per heavy atom. The van der Waals surface area contributed by atoms with Gasteiger partial charge in [-0.3, -0.25) is 9.59 Å². The summed E-state index contributed by atoms with van der Waals surface area (Å²) in [5.41, 5.74) is 11.6. The molecule has 5 aromatic rings. The van der Waals surface area contributed by atoms with Crippen LogP contribution >= 0.6 is 0 Å². The number of aromatic amines is 2. The Morgan fingerprint density at radius 3 is 2.14 bits per heavy atom. The number of aryl methyl sites for hydroxylation is 1. The Morgan fingerprint density at radius 1 is 0.864 bits per heavy atom. The topological polar surface area (TPSA) is 223 Å². The maximum Gasteiger partial charge on any atom is 0.407 e. The van der Waals surface area contributed by atoms with Gasteiger partial charge in [0.15, 0.2) is 0 Å². The number of nitrogen functional groups attached to an aromatic ring is 1. The van der Waals surface area contributed by atoms with Crippen LogP contribution in [0.3, 0.4) is 0 Å². The highest BCUT2D eigenvalue weighted by Gasteiger charge is 2.37. The van der Waals surface area contributed by atoms with Gasteiger partial charge in [-0.05, 0) is 60.3 Å².